The van der Waals surface area contributed by atoms with Gasteiger partial charge in [-0.25, -0.2) is 0 Å². The maximum atomic E-state index is 2.47. The maximum absolute atomic E-state index is 2.47. The third kappa shape index (κ3) is 13.2. The van der Waals surface area contributed by atoms with Crippen molar-refractivity contribution in [3.63, 3.8) is 0 Å². The van der Waals surface area contributed by atoms with Crippen molar-refractivity contribution in [3.05, 3.63) is 212 Å². The molecule has 0 heteroatoms. The molecule has 0 atom stereocenters. The highest BCUT2D eigenvalue weighted by atomic mass is 14.3. The van der Waals surface area contributed by atoms with E-state index in [-0.39, 0.29) is 43.3 Å². The van der Waals surface area contributed by atoms with E-state index >= 15 is 0 Å². The summed E-state index contributed by atoms with van der Waals surface area (Å²) in [5, 5.41) is 16.0. The van der Waals surface area contributed by atoms with Gasteiger partial charge in [0.25, 0.3) is 0 Å². The molecule has 436 valence electrons. The zero-order chi connectivity index (χ0) is 61.7. The fourth-order valence-electron chi connectivity index (χ4n) is 11.9. The van der Waals surface area contributed by atoms with Crippen LogP contribution in [0.3, 0.4) is 0 Å². The Hall–Kier alpha value is -6.76. The summed E-state index contributed by atoms with van der Waals surface area (Å²) in [5.74, 6) is 0. The van der Waals surface area contributed by atoms with Crippen molar-refractivity contribution in [1.82, 2.24) is 0 Å². The molecular formula is C84H100. The topological polar surface area (TPSA) is 0 Å². The zero-order valence-corrected chi connectivity index (χ0v) is 56.2. The molecule has 0 aromatic heterocycles. The van der Waals surface area contributed by atoms with Gasteiger partial charge in [-0.3, -0.25) is 0 Å². The normalized spacial score (nSPS) is 13.6. The van der Waals surface area contributed by atoms with Crippen molar-refractivity contribution < 1.29 is 0 Å². The van der Waals surface area contributed by atoms with E-state index in [1.165, 1.54) is 131 Å². The molecule has 0 aliphatic carbocycles. The van der Waals surface area contributed by atoms with Crippen LogP contribution in [0.15, 0.2) is 146 Å². The number of fused-ring (bicyclic) bond motifs is 10. The molecule has 0 saturated heterocycles. The fourth-order valence-corrected chi connectivity index (χ4v) is 11.9. The van der Waals surface area contributed by atoms with E-state index in [1.807, 2.05) is 0 Å². The minimum absolute atomic E-state index is 0.0241. The van der Waals surface area contributed by atoms with Gasteiger partial charge in [0.15, 0.2) is 0 Å². The van der Waals surface area contributed by atoms with Gasteiger partial charge in [-0.2, -0.15) is 0 Å². The summed E-state index contributed by atoms with van der Waals surface area (Å²) in [4.78, 5) is 0. The molecule has 0 unspecified atom stereocenters. The van der Waals surface area contributed by atoms with Crippen molar-refractivity contribution in [2.24, 2.45) is 0 Å². The smallest absolute Gasteiger partial charge is 0.00236 e. The first-order valence-corrected chi connectivity index (χ1v) is 31.2. The molecule has 10 aromatic rings. The summed E-state index contributed by atoms with van der Waals surface area (Å²) in [5.41, 5.74) is 16.8. The van der Waals surface area contributed by atoms with Crippen LogP contribution in [0, 0.1) is 0 Å². The first-order valence-electron chi connectivity index (χ1n) is 31.2. The summed E-state index contributed by atoms with van der Waals surface area (Å²) in [7, 11) is 0. The lowest BCUT2D eigenvalue weighted by molar-refractivity contribution is 0.568. The SMILES string of the molecule is CC(C)(C)c1cc(/C=C/c2ccc3ccc4ccc5cc(C(C)(C)C)cc(C(C)(C)C)c5c4c3c2)cc(C(C)(C)C)c1.CC(C)(C)c1cc(/C=C/c2ccc3ccc4ccc5cc(C(C)(C)C)cc(C(C)(C)C)c5c4c3c2)cc(C(C)(C)C)c1. The standard InChI is InChI=1S/2C42H50/c2*1-39(2,3)32-21-28(22-33(25-32)40(4,5)6)14-13-27-15-16-29-17-18-30-19-20-31-24-34(41(7,8)9)26-36(42(10,11)12)38(31)37(30)35(29)23-27/h2*13-26H,1-12H3/b2*14-13+. The predicted octanol–water partition coefficient (Wildman–Crippen LogP) is 25.0. The highest BCUT2D eigenvalue weighted by Crippen LogP contribution is 2.44. The second kappa shape index (κ2) is 21.6. The molecule has 0 amide bonds. The lowest BCUT2D eigenvalue weighted by Gasteiger charge is -2.28. The molecule has 0 aliphatic rings. The molecular weight excluding hydrogens is 1010 g/mol. The van der Waals surface area contributed by atoms with Crippen molar-refractivity contribution >= 4 is 88.9 Å². The molecule has 0 radical (unpaired) electrons. The monoisotopic (exact) mass is 1110 g/mol. The number of hydrogen-bond donors (Lipinski definition) is 0. The van der Waals surface area contributed by atoms with Crippen LogP contribution in [0.5, 0.6) is 0 Å². The van der Waals surface area contributed by atoms with Gasteiger partial charge in [-0.15, -0.1) is 0 Å². The van der Waals surface area contributed by atoms with E-state index in [0.717, 1.165) is 0 Å². The van der Waals surface area contributed by atoms with Crippen molar-refractivity contribution in [3.8, 4) is 0 Å². The van der Waals surface area contributed by atoms with Crippen LogP contribution in [0.1, 0.15) is 233 Å². The molecule has 0 fully saturated rings. The number of hydrogen-bond acceptors (Lipinski definition) is 0. The number of rotatable bonds is 4. The van der Waals surface area contributed by atoms with Gasteiger partial charge in [-0.05, 0) is 187 Å². The van der Waals surface area contributed by atoms with Crippen LogP contribution in [-0.4, -0.2) is 0 Å². The van der Waals surface area contributed by atoms with Gasteiger partial charge in [0, 0.05) is 0 Å². The molecule has 0 N–H and O–H groups in total. The van der Waals surface area contributed by atoms with E-state index in [0.29, 0.717) is 0 Å². The van der Waals surface area contributed by atoms with Crippen LogP contribution in [-0.2, 0) is 43.3 Å². The fraction of sp³-hybridized carbons (Fsp3) is 0.381. The Bertz CT molecular complexity index is 3870. The highest BCUT2D eigenvalue weighted by molar-refractivity contribution is 6.23. The summed E-state index contributed by atoms with van der Waals surface area (Å²) in [6.45, 7) is 55.6. The molecule has 0 saturated carbocycles. The minimum atomic E-state index is 0.0241. The lowest BCUT2D eigenvalue weighted by Crippen LogP contribution is -2.17. The van der Waals surface area contributed by atoms with Gasteiger partial charge in [0.05, 0.1) is 0 Å². The third-order valence-electron chi connectivity index (χ3n) is 17.5. The van der Waals surface area contributed by atoms with Crippen molar-refractivity contribution in [1.29, 1.82) is 0 Å². The second-order valence-electron chi connectivity index (χ2n) is 33.0. The summed E-state index contributed by atoms with van der Waals surface area (Å²) >= 11 is 0. The molecule has 0 spiro atoms. The molecule has 0 heterocycles. The first kappa shape index (κ1) is 61.8. The van der Waals surface area contributed by atoms with E-state index in [9.17, 15) is 0 Å². The predicted molar refractivity (Wildman–Crippen MR) is 378 cm³/mol. The summed E-state index contributed by atoms with van der Waals surface area (Å²) < 4.78 is 0. The molecule has 0 bridgehead atoms. The molecule has 10 aromatic carbocycles. The second-order valence-corrected chi connectivity index (χ2v) is 33.0. The summed E-state index contributed by atoms with van der Waals surface area (Å²) in [6, 6.07) is 56.3. The largest absolute Gasteiger partial charge is 0.0561 e. The van der Waals surface area contributed by atoms with Crippen LogP contribution in [0.25, 0.3) is 88.9 Å². The van der Waals surface area contributed by atoms with Crippen LogP contribution < -0.4 is 0 Å². The average Bonchev–Trinajstić information content (AvgIpc) is 0.836. The van der Waals surface area contributed by atoms with Crippen LogP contribution in [0.2, 0.25) is 0 Å². The third-order valence-corrected chi connectivity index (χ3v) is 17.5. The van der Waals surface area contributed by atoms with E-state index in [1.54, 1.807) is 0 Å². The average molecular weight is 1110 g/mol. The van der Waals surface area contributed by atoms with E-state index in [2.05, 4.69) is 336 Å². The van der Waals surface area contributed by atoms with E-state index in [4.69, 9.17) is 0 Å². The minimum Gasteiger partial charge on any atom is -0.0561 e. The Morgan fingerprint density at radius 1 is 0.190 bits per heavy atom. The van der Waals surface area contributed by atoms with Crippen LogP contribution >= 0.6 is 0 Å². The van der Waals surface area contributed by atoms with Crippen molar-refractivity contribution in [2.75, 3.05) is 0 Å². The van der Waals surface area contributed by atoms with Gasteiger partial charge in [-0.1, -0.05) is 324 Å². The van der Waals surface area contributed by atoms with Gasteiger partial charge >= 0.3 is 0 Å². The van der Waals surface area contributed by atoms with Gasteiger partial charge < -0.3 is 0 Å². The van der Waals surface area contributed by atoms with Gasteiger partial charge in [0.2, 0.25) is 0 Å². The molecule has 0 aliphatic heterocycles. The van der Waals surface area contributed by atoms with Crippen LogP contribution in [0.4, 0.5) is 0 Å². The Kier molecular flexibility index (Phi) is 15.9. The van der Waals surface area contributed by atoms with Crippen molar-refractivity contribution in [2.45, 2.75) is 209 Å². The van der Waals surface area contributed by atoms with E-state index < -0.39 is 0 Å². The molecule has 10 rings (SSSR count). The summed E-state index contributed by atoms with van der Waals surface area (Å²) in [6.07, 6.45) is 9.18. The van der Waals surface area contributed by atoms with Gasteiger partial charge in [0.1, 0.15) is 0 Å². The first-order chi connectivity index (χ1) is 38.6. The lowest BCUT2D eigenvalue weighted by atomic mass is 9.77. The zero-order valence-electron chi connectivity index (χ0n) is 56.2. The Balaban J connectivity index is 0.000000202. The highest BCUT2D eigenvalue weighted by Gasteiger charge is 2.27. The quantitative estimate of drug-likeness (QED) is 0.122. The Morgan fingerprint density at radius 3 is 0.702 bits per heavy atom. The molecule has 0 nitrogen and oxygen atoms in total. The Morgan fingerprint density at radius 2 is 0.429 bits per heavy atom. The maximum Gasteiger partial charge on any atom is -0.00236 e. The molecule has 84 heavy (non-hydrogen) atoms. The Labute approximate surface area is 507 Å². The number of benzene rings is 10.